The molecule has 0 atom stereocenters. The summed E-state index contributed by atoms with van der Waals surface area (Å²) in [7, 11) is 0. The zero-order chi connectivity index (χ0) is 20.1. The monoisotopic (exact) mass is 428 g/mol. The number of halogens is 1. The summed E-state index contributed by atoms with van der Waals surface area (Å²) in [6.07, 6.45) is 5.22. The lowest BCUT2D eigenvalue weighted by Crippen LogP contribution is -2.35. The molecule has 6 nitrogen and oxygen atoms in total. The van der Waals surface area contributed by atoms with E-state index in [4.69, 9.17) is 11.6 Å². The second-order valence-corrected chi connectivity index (χ2v) is 8.27. The van der Waals surface area contributed by atoms with Gasteiger partial charge in [-0.15, -0.1) is 4.68 Å². The zero-order valence-corrected chi connectivity index (χ0v) is 17.5. The quantitative estimate of drug-likeness (QED) is 0.459. The van der Waals surface area contributed by atoms with Gasteiger partial charge in [-0.3, -0.25) is 4.79 Å². The molecule has 8 heteroatoms. The molecule has 0 spiro atoms. The molecule has 1 amide bonds. The molecule has 29 heavy (non-hydrogen) atoms. The van der Waals surface area contributed by atoms with Crippen LogP contribution in [0.15, 0.2) is 60.0 Å². The maximum atomic E-state index is 12.7. The van der Waals surface area contributed by atoms with Crippen LogP contribution in [0.3, 0.4) is 0 Å². The number of carbonyl (C=O) groups excluding carboxylic acids is 1. The lowest BCUT2D eigenvalue weighted by molar-refractivity contribution is -0.694. The molecule has 2 aromatic carbocycles. The number of thioether (sulfide) groups is 1. The number of benzene rings is 2. The Morgan fingerprint density at radius 2 is 1.97 bits per heavy atom. The van der Waals surface area contributed by atoms with Crippen LogP contribution >= 0.6 is 23.4 Å². The second-order valence-electron chi connectivity index (χ2n) is 6.89. The minimum Gasteiger partial charge on any atom is -0.370 e. The third-order valence-corrected chi connectivity index (χ3v) is 6.02. The van der Waals surface area contributed by atoms with Gasteiger partial charge < -0.3 is 10.2 Å². The van der Waals surface area contributed by atoms with Crippen molar-refractivity contribution < 1.29 is 9.48 Å². The Labute approximate surface area is 179 Å². The predicted molar refractivity (Wildman–Crippen MR) is 117 cm³/mol. The van der Waals surface area contributed by atoms with Crippen molar-refractivity contribution in [2.24, 2.45) is 0 Å². The number of nitrogens with one attached hydrogen (secondary N) is 2. The lowest BCUT2D eigenvalue weighted by atomic mass is 10.1. The fourth-order valence-electron chi connectivity index (χ4n) is 3.45. The first-order valence-corrected chi connectivity index (χ1v) is 11.0. The molecule has 1 aliphatic rings. The van der Waals surface area contributed by atoms with Gasteiger partial charge in [0, 0.05) is 18.1 Å². The van der Waals surface area contributed by atoms with Crippen LogP contribution in [0, 0.1) is 0 Å². The van der Waals surface area contributed by atoms with E-state index in [0.717, 1.165) is 35.3 Å². The van der Waals surface area contributed by atoms with Gasteiger partial charge in [0.1, 0.15) is 0 Å². The third kappa shape index (κ3) is 4.92. The SMILES string of the molecule is O=C(CSc1nc[nH][n+]1-c1ccccc1)Nc1cc(Cl)ccc1N1CCCCC1. The Morgan fingerprint density at radius 3 is 2.76 bits per heavy atom. The highest BCUT2D eigenvalue weighted by Crippen LogP contribution is 2.31. The highest BCUT2D eigenvalue weighted by Gasteiger charge is 2.20. The number of piperidine rings is 1. The average molecular weight is 429 g/mol. The number of para-hydroxylation sites is 1. The first-order valence-electron chi connectivity index (χ1n) is 9.69. The van der Waals surface area contributed by atoms with Gasteiger partial charge in [0.25, 0.3) is 0 Å². The highest BCUT2D eigenvalue weighted by atomic mass is 35.5. The number of hydrogen-bond donors (Lipinski definition) is 2. The van der Waals surface area contributed by atoms with Crippen molar-refractivity contribution >= 4 is 40.6 Å². The second kappa shape index (κ2) is 9.33. The number of H-pyrrole nitrogens is 1. The van der Waals surface area contributed by atoms with Crippen molar-refractivity contribution in [3.05, 3.63) is 59.9 Å². The molecule has 2 N–H and O–H groups in total. The molecule has 1 aliphatic heterocycles. The Bertz CT molecular complexity index is 972. The van der Waals surface area contributed by atoms with Crippen molar-refractivity contribution in [3.63, 3.8) is 0 Å². The van der Waals surface area contributed by atoms with Gasteiger partial charge in [0.15, 0.2) is 5.69 Å². The summed E-state index contributed by atoms with van der Waals surface area (Å²) in [5.74, 6) is 0.169. The number of rotatable bonds is 6. The van der Waals surface area contributed by atoms with Crippen LogP contribution in [-0.2, 0) is 4.79 Å². The van der Waals surface area contributed by atoms with Crippen LogP contribution in [0.4, 0.5) is 11.4 Å². The number of amides is 1. The molecule has 2 heterocycles. The summed E-state index contributed by atoms with van der Waals surface area (Å²) in [5, 5.41) is 7.47. The van der Waals surface area contributed by atoms with Crippen LogP contribution in [0.25, 0.3) is 5.69 Å². The number of aromatic nitrogens is 3. The van der Waals surface area contributed by atoms with Crippen LogP contribution in [0.1, 0.15) is 19.3 Å². The smallest absolute Gasteiger partial charge is 0.370 e. The predicted octanol–water partition coefficient (Wildman–Crippen LogP) is 4.06. The number of hydrogen-bond acceptors (Lipinski definition) is 4. The zero-order valence-electron chi connectivity index (χ0n) is 16.0. The van der Waals surface area contributed by atoms with Gasteiger partial charge in [-0.05, 0) is 66.3 Å². The van der Waals surface area contributed by atoms with E-state index in [1.807, 2.05) is 53.2 Å². The van der Waals surface area contributed by atoms with Crippen molar-refractivity contribution in [3.8, 4) is 5.69 Å². The van der Waals surface area contributed by atoms with Crippen molar-refractivity contribution in [2.45, 2.75) is 24.4 Å². The Hall–Kier alpha value is -2.51. The Kier molecular flexibility index (Phi) is 6.36. The molecular formula is C21H23ClN5OS+. The first kappa shape index (κ1) is 19.8. The number of nitrogens with zero attached hydrogens (tertiary/aromatic N) is 3. The van der Waals surface area contributed by atoms with Gasteiger partial charge in [0.2, 0.25) is 12.2 Å². The fourth-order valence-corrected chi connectivity index (χ4v) is 4.37. The molecule has 3 aromatic rings. The molecule has 1 saturated heterocycles. The van der Waals surface area contributed by atoms with E-state index in [9.17, 15) is 4.79 Å². The summed E-state index contributed by atoms with van der Waals surface area (Å²) in [4.78, 5) is 19.3. The van der Waals surface area contributed by atoms with Crippen molar-refractivity contribution in [2.75, 3.05) is 29.1 Å². The van der Waals surface area contributed by atoms with E-state index < -0.39 is 0 Å². The topological polar surface area (TPSA) is 64.9 Å². The summed E-state index contributed by atoms with van der Waals surface area (Å²) in [6.45, 7) is 2.01. The van der Waals surface area contributed by atoms with Gasteiger partial charge in [-0.25, -0.2) is 0 Å². The van der Waals surface area contributed by atoms with E-state index in [0.29, 0.717) is 5.02 Å². The standard InChI is InChI=1S/C21H22ClN5OS/c22-16-9-10-19(26-11-5-2-6-12-26)18(13-16)25-20(28)14-29-21-23-15-24-27(21)17-7-3-1-4-8-17/h1,3-4,7-10,13,15H,2,5-6,11-12,14H2,(H,25,28)/p+1. The van der Waals surface area contributed by atoms with Crippen LogP contribution in [-0.4, -0.2) is 34.8 Å². The summed E-state index contributed by atoms with van der Waals surface area (Å²) in [6, 6.07) is 15.6. The largest absolute Gasteiger partial charge is 0.385 e. The molecular weight excluding hydrogens is 406 g/mol. The van der Waals surface area contributed by atoms with E-state index in [2.05, 4.69) is 20.3 Å². The number of aromatic amines is 1. The van der Waals surface area contributed by atoms with Gasteiger partial charge in [-0.2, -0.15) is 5.10 Å². The summed E-state index contributed by atoms with van der Waals surface area (Å²) >= 11 is 7.58. The maximum absolute atomic E-state index is 12.7. The molecule has 0 bridgehead atoms. The normalized spacial score (nSPS) is 14.0. The molecule has 1 aromatic heterocycles. The fraction of sp³-hybridized carbons (Fsp3) is 0.286. The molecule has 0 aliphatic carbocycles. The van der Waals surface area contributed by atoms with Crippen LogP contribution in [0.5, 0.6) is 0 Å². The van der Waals surface area contributed by atoms with Gasteiger partial charge >= 0.3 is 5.16 Å². The lowest BCUT2D eigenvalue weighted by Gasteiger charge is -2.30. The highest BCUT2D eigenvalue weighted by molar-refractivity contribution is 7.99. The van der Waals surface area contributed by atoms with E-state index in [-0.39, 0.29) is 11.7 Å². The number of carbonyl (C=O) groups is 1. The average Bonchev–Trinajstić information content (AvgIpc) is 3.22. The maximum Gasteiger partial charge on any atom is 0.385 e. The van der Waals surface area contributed by atoms with E-state index in [1.165, 1.54) is 31.0 Å². The van der Waals surface area contributed by atoms with E-state index in [1.54, 1.807) is 6.33 Å². The third-order valence-electron chi connectivity index (χ3n) is 4.83. The molecule has 4 rings (SSSR count). The number of anilines is 2. The molecule has 150 valence electrons. The van der Waals surface area contributed by atoms with E-state index >= 15 is 0 Å². The van der Waals surface area contributed by atoms with Gasteiger partial charge in [-0.1, -0.05) is 29.8 Å². The summed E-state index contributed by atoms with van der Waals surface area (Å²) in [5.41, 5.74) is 2.77. The van der Waals surface area contributed by atoms with Crippen LogP contribution < -0.4 is 14.9 Å². The first-order chi connectivity index (χ1) is 14.2. The van der Waals surface area contributed by atoms with Crippen molar-refractivity contribution in [1.29, 1.82) is 0 Å². The molecule has 0 saturated carbocycles. The van der Waals surface area contributed by atoms with Crippen LogP contribution in [0.2, 0.25) is 5.02 Å². The minimum absolute atomic E-state index is 0.0851. The minimum atomic E-state index is -0.0851. The Morgan fingerprint density at radius 1 is 1.17 bits per heavy atom. The molecule has 0 unspecified atom stereocenters. The van der Waals surface area contributed by atoms with Gasteiger partial charge in [0.05, 0.1) is 17.1 Å². The summed E-state index contributed by atoms with van der Waals surface area (Å²) < 4.78 is 1.86. The molecule has 1 fully saturated rings. The Balaban J connectivity index is 1.43. The van der Waals surface area contributed by atoms with Crippen molar-refractivity contribution in [1.82, 2.24) is 10.1 Å². The molecule has 0 radical (unpaired) electrons.